The smallest absolute Gasteiger partial charge is 0.255 e. The molecule has 0 bridgehead atoms. The van der Waals surface area contributed by atoms with E-state index in [0.717, 1.165) is 24.1 Å². The number of carbonyl (C=O) groups is 3. The maximum absolute atomic E-state index is 13.4. The molecule has 0 saturated carbocycles. The standard InChI is InChI=1S/C23H28N6O4/c1-33-17-9-16(12-28-8-7-19(24)26-28)27(13-17)10-14-3-2-4-15-11-29(23(32)21(14)15)18-5-6-20(30)25-22(18)31/h2-4,7-8,16-18H,5-6,9-13H2,1H3,(H2,24,26)(H,25,30,31)/t16-,17+,18?/m0/s1. The highest BCUT2D eigenvalue weighted by Gasteiger charge is 2.41. The number of anilines is 1. The van der Waals surface area contributed by atoms with E-state index in [9.17, 15) is 14.4 Å². The molecule has 0 spiro atoms. The highest BCUT2D eigenvalue weighted by Crippen LogP contribution is 2.32. The predicted molar refractivity (Wildman–Crippen MR) is 119 cm³/mol. The van der Waals surface area contributed by atoms with Crippen LogP contribution < -0.4 is 11.1 Å². The zero-order valence-corrected chi connectivity index (χ0v) is 18.6. The summed E-state index contributed by atoms with van der Waals surface area (Å²) in [6.45, 7) is 2.42. The van der Waals surface area contributed by atoms with Gasteiger partial charge >= 0.3 is 0 Å². The van der Waals surface area contributed by atoms with E-state index in [1.807, 2.05) is 29.1 Å². The van der Waals surface area contributed by atoms with Crippen molar-refractivity contribution in [2.75, 3.05) is 19.4 Å². The fraction of sp³-hybridized carbons (Fsp3) is 0.478. The summed E-state index contributed by atoms with van der Waals surface area (Å²) in [7, 11) is 1.72. The van der Waals surface area contributed by atoms with Crippen molar-refractivity contribution in [1.82, 2.24) is 24.9 Å². The van der Waals surface area contributed by atoms with Crippen molar-refractivity contribution in [3.05, 3.63) is 47.2 Å². The summed E-state index contributed by atoms with van der Waals surface area (Å²) in [5.74, 6) is -0.334. The van der Waals surface area contributed by atoms with Crippen LogP contribution >= 0.6 is 0 Å². The molecule has 2 aromatic rings. The Hall–Kier alpha value is -3.24. The number of rotatable bonds is 6. The van der Waals surface area contributed by atoms with Crippen molar-refractivity contribution in [1.29, 1.82) is 0 Å². The number of hydrogen-bond donors (Lipinski definition) is 2. The third-order valence-corrected chi connectivity index (χ3v) is 6.89. The minimum absolute atomic E-state index is 0.107. The van der Waals surface area contributed by atoms with Crippen LogP contribution in [0.3, 0.4) is 0 Å². The van der Waals surface area contributed by atoms with Gasteiger partial charge in [0.25, 0.3) is 5.91 Å². The lowest BCUT2D eigenvalue weighted by Crippen LogP contribution is -2.52. The average Bonchev–Trinajstić information content (AvgIpc) is 3.47. The van der Waals surface area contributed by atoms with Crippen molar-refractivity contribution >= 4 is 23.5 Å². The fourth-order valence-electron chi connectivity index (χ4n) is 5.23. The van der Waals surface area contributed by atoms with Gasteiger partial charge in [-0.25, -0.2) is 0 Å². The second-order valence-electron chi connectivity index (χ2n) is 8.99. The molecule has 1 aromatic heterocycles. The summed E-state index contributed by atoms with van der Waals surface area (Å²) in [5, 5.41) is 6.67. The first-order valence-corrected chi connectivity index (χ1v) is 11.2. The lowest BCUT2D eigenvalue weighted by atomic mass is 10.0. The Morgan fingerprint density at radius 1 is 1.24 bits per heavy atom. The molecule has 33 heavy (non-hydrogen) atoms. The maximum Gasteiger partial charge on any atom is 0.255 e. The van der Waals surface area contributed by atoms with E-state index < -0.39 is 11.9 Å². The molecule has 1 aromatic carbocycles. The van der Waals surface area contributed by atoms with Crippen molar-refractivity contribution in [3.8, 4) is 0 Å². The minimum Gasteiger partial charge on any atom is -0.382 e. The number of fused-ring (bicyclic) bond motifs is 1. The van der Waals surface area contributed by atoms with Gasteiger partial charge in [-0.3, -0.25) is 29.3 Å². The molecule has 2 fully saturated rings. The number of amides is 3. The largest absolute Gasteiger partial charge is 0.382 e. The molecule has 3 aliphatic rings. The van der Waals surface area contributed by atoms with E-state index >= 15 is 0 Å². The molecular formula is C23H28N6O4. The molecule has 4 heterocycles. The summed E-state index contributed by atoms with van der Waals surface area (Å²) in [6.07, 6.45) is 3.44. The molecule has 10 nitrogen and oxygen atoms in total. The summed E-state index contributed by atoms with van der Waals surface area (Å²) >= 11 is 0. The molecule has 3 amide bonds. The normalized spacial score (nSPS) is 25.5. The number of likely N-dealkylation sites (tertiary alicyclic amines) is 1. The number of hydrogen-bond acceptors (Lipinski definition) is 7. The lowest BCUT2D eigenvalue weighted by molar-refractivity contribution is -0.136. The van der Waals surface area contributed by atoms with E-state index in [0.29, 0.717) is 37.4 Å². The minimum atomic E-state index is -0.613. The number of nitrogen functional groups attached to an aromatic ring is 1. The molecule has 2 saturated heterocycles. The first kappa shape index (κ1) is 21.6. The Labute approximate surface area is 191 Å². The summed E-state index contributed by atoms with van der Waals surface area (Å²) in [4.78, 5) is 41.2. The van der Waals surface area contributed by atoms with E-state index in [4.69, 9.17) is 10.5 Å². The Morgan fingerprint density at radius 2 is 2.09 bits per heavy atom. The number of imide groups is 1. The third kappa shape index (κ3) is 4.11. The summed E-state index contributed by atoms with van der Waals surface area (Å²) in [5.41, 5.74) is 8.30. The van der Waals surface area contributed by atoms with Crippen molar-refractivity contribution in [2.45, 2.75) is 57.1 Å². The Morgan fingerprint density at radius 3 is 2.82 bits per heavy atom. The highest BCUT2D eigenvalue weighted by atomic mass is 16.5. The van der Waals surface area contributed by atoms with Crippen LogP contribution in [-0.2, 0) is 34.0 Å². The molecule has 5 rings (SSSR count). The van der Waals surface area contributed by atoms with Gasteiger partial charge in [-0.1, -0.05) is 18.2 Å². The Bertz CT molecular complexity index is 1100. The third-order valence-electron chi connectivity index (χ3n) is 6.89. The SMILES string of the molecule is CO[C@@H]1C[C@@H](Cn2ccc(N)n2)N(Cc2cccc3c2C(=O)N(C2CCC(=O)NC2=O)C3)C1. The van der Waals surface area contributed by atoms with Crippen molar-refractivity contribution in [3.63, 3.8) is 0 Å². The first-order valence-electron chi connectivity index (χ1n) is 11.2. The van der Waals surface area contributed by atoms with Crippen LogP contribution in [0.2, 0.25) is 0 Å². The lowest BCUT2D eigenvalue weighted by Gasteiger charge is -2.29. The fourth-order valence-corrected chi connectivity index (χ4v) is 5.23. The molecule has 10 heteroatoms. The Kier molecular flexibility index (Phi) is 5.63. The number of nitrogens with zero attached hydrogens (tertiary/aromatic N) is 4. The molecule has 174 valence electrons. The number of benzene rings is 1. The molecule has 1 unspecified atom stereocenters. The molecule has 3 atom stereocenters. The zero-order valence-electron chi connectivity index (χ0n) is 18.6. The summed E-state index contributed by atoms with van der Waals surface area (Å²) < 4.78 is 7.48. The number of carbonyl (C=O) groups excluding carboxylic acids is 3. The van der Waals surface area contributed by atoms with Crippen LogP contribution in [0.1, 0.15) is 40.7 Å². The van der Waals surface area contributed by atoms with Crippen molar-refractivity contribution < 1.29 is 19.1 Å². The van der Waals surface area contributed by atoms with Gasteiger partial charge in [0, 0.05) is 51.0 Å². The second-order valence-corrected chi connectivity index (χ2v) is 8.99. The van der Waals surface area contributed by atoms with Gasteiger partial charge in [0.05, 0.1) is 12.6 Å². The van der Waals surface area contributed by atoms with E-state index in [1.54, 1.807) is 18.1 Å². The molecule has 3 aliphatic heterocycles. The van der Waals surface area contributed by atoms with Crippen LogP contribution in [0.5, 0.6) is 0 Å². The molecule has 0 radical (unpaired) electrons. The van der Waals surface area contributed by atoms with Crippen molar-refractivity contribution in [2.24, 2.45) is 0 Å². The monoisotopic (exact) mass is 452 g/mol. The second kappa shape index (κ2) is 8.60. The number of nitrogens with two attached hydrogens (primary N) is 1. The van der Waals surface area contributed by atoms with Gasteiger partial charge in [-0.05, 0) is 30.0 Å². The molecule has 0 aliphatic carbocycles. The first-order chi connectivity index (χ1) is 15.9. The quantitative estimate of drug-likeness (QED) is 0.613. The molecule has 3 N–H and O–H groups in total. The average molecular weight is 453 g/mol. The summed E-state index contributed by atoms with van der Waals surface area (Å²) in [6, 6.07) is 7.23. The van der Waals surface area contributed by atoms with Gasteiger partial charge in [0.2, 0.25) is 11.8 Å². The van der Waals surface area contributed by atoms with E-state index in [1.165, 1.54) is 0 Å². The van der Waals surface area contributed by atoms with E-state index in [2.05, 4.69) is 15.3 Å². The van der Waals surface area contributed by atoms with Crippen LogP contribution in [0.15, 0.2) is 30.5 Å². The highest BCUT2D eigenvalue weighted by molar-refractivity contribution is 6.06. The van der Waals surface area contributed by atoms with Gasteiger partial charge in [-0.15, -0.1) is 0 Å². The maximum atomic E-state index is 13.4. The van der Waals surface area contributed by atoms with Gasteiger partial charge in [-0.2, -0.15) is 5.10 Å². The van der Waals surface area contributed by atoms with Gasteiger partial charge < -0.3 is 15.4 Å². The van der Waals surface area contributed by atoms with Crippen LogP contribution in [-0.4, -0.2) is 69.1 Å². The van der Waals surface area contributed by atoms with E-state index in [-0.39, 0.29) is 30.4 Å². The van der Waals surface area contributed by atoms with Crippen LogP contribution in [0.4, 0.5) is 5.82 Å². The van der Waals surface area contributed by atoms with Gasteiger partial charge in [0.15, 0.2) is 0 Å². The molecular weight excluding hydrogens is 424 g/mol. The van der Waals surface area contributed by atoms with Gasteiger partial charge in [0.1, 0.15) is 11.9 Å². The van der Waals surface area contributed by atoms with Crippen LogP contribution in [0, 0.1) is 0 Å². The number of ether oxygens (including phenoxy) is 1. The number of methoxy groups -OCH3 is 1. The number of aromatic nitrogens is 2. The predicted octanol–water partition coefficient (Wildman–Crippen LogP) is 0.516. The number of nitrogens with one attached hydrogen (secondary N) is 1. The number of piperidine rings is 1. The Balaban J connectivity index is 1.36. The van der Waals surface area contributed by atoms with Crippen LogP contribution in [0.25, 0.3) is 0 Å². The zero-order chi connectivity index (χ0) is 23.1. The topological polar surface area (TPSA) is 123 Å².